The fraction of sp³-hybridized carbons (Fsp3) is 0.600. The van der Waals surface area contributed by atoms with Gasteiger partial charge in [0.1, 0.15) is 5.75 Å². The molecule has 0 atom stereocenters. The van der Waals surface area contributed by atoms with Crippen molar-refractivity contribution < 1.29 is 4.74 Å². The average molecular weight is 252 g/mol. The Bertz CT molecular complexity index is 313. The highest BCUT2D eigenvalue weighted by Crippen LogP contribution is 2.22. The maximum absolute atomic E-state index is 5.87. The highest BCUT2D eigenvalue weighted by molar-refractivity contribution is 7.99. The van der Waals surface area contributed by atoms with Gasteiger partial charge in [-0.1, -0.05) is 32.0 Å². The Labute approximate surface area is 110 Å². The number of aryl methyl sites for hydroxylation is 2. The molecule has 0 bridgehead atoms. The Hall–Kier alpha value is -0.630. The number of ether oxygens (including phenoxy) is 1. The maximum Gasteiger partial charge on any atom is 0.125 e. The van der Waals surface area contributed by atoms with Crippen molar-refractivity contribution in [1.82, 2.24) is 0 Å². The molecule has 17 heavy (non-hydrogen) atoms. The van der Waals surface area contributed by atoms with Crippen LogP contribution in [0.25, 0.3) is 0 Å². The van der Waals surface area contributed by atoms with Gasteiger partial charge >= 0.3 is 0 Å². The van der Waals surface area contributed by atoms with E-state index in [4.69, 9.17) is 4.74 Å². The van der Waals surface area contributed by atoms with E-state index in [1.807, 2.05) is 11.8 Å². The van der Waals surface area contributed by atoms with E-state index in [2.05, 4.69) is 45.9 Å². The van der Waals surface area contributed by atoms with Crippen molar-refractivity contribution in [2.45, 2.75) is 45.8 Å². The minimum atomic E-state index is 0.745. The SMILES string of the molecule is Cc1cccc(C)c1OCCCCSC(C)C. The molecule has 0 N–H and O–H groups in total. The first-order chi connectivity index (χ1) is 8.11. The van der Waals surface area contributed by atoms with E-state index >= 15 is 0 Å². The molecule has 0 aliphatic rings. The van der Waals surface area contributed by atoms with E-state index < -0.39 is 0 Å². The highest BCUT2D eigenvalue weighted by Gasteiger charge is 2.02. The lowest BCUT2D eigenvalue weighted by Gasteiger charge is -2.11. The van der Waals surface area contributed by atoms with Gasteiger partial charge in [-0.2, -0.15) is 11.8 Å². The molecule has 0 heterocycles. The van der Waals surface area contributed by atoms with E-state index in [0.29, 0.717) is 0 Å². The van der Waals surface area contributed by atoms with Crippen LogP contribution >= 0.6 is 11.8 Å². The molecule has 2 heteroatoms. The molecule has 0 saturated heterocycles. The first kappa shape index (κ1) is 14.4. The predicted molar refractivity (Wildman–Crippen MR) is 78.2 cm³/mol. The summed E-state index contributed by atoms with van der Waals surface area (Å²) >= 11 is 2.03. The quantitative estimate of drug-likeness (QED) is 0.656. The van der Waals surface area contributed by atoms with Gasteiger partial charge in [-0.25, -0.2) is 0 Å². The lowest BCUT2D eigenvalue weighted by molar-refractivity contribution is 0.306. The zero-order valence-corrected chi connectivity index (χ0v) is 12.3. The number of benzene rings is 1. The molecule has 0 amide bonds. The lowest BCUT2D eigenvalue weighted by Crippen LogP contribution is -2.01. The molecule has 0 aliphatic heterocycles. The van der Waals surface area contributed by atoms with Crippen molar-refractivity contribution in [1.29, 1.82) is 0 Å². The third-order valence-electron chi connectivity index (χ3n) is 2.65. The van der Waals surface area contributed by atoms with Gasteiger partial charge in [-0.3, -0.25) is 0 Å². The predicted octanol–water partition coefficient (Wildman–Crippen LogP) is 4.60. The van der Waals surface area contributed by atoms with Gasteiger partial charge in [0.05, 0.1) is 6.61 Å². The topological polar surface area (TPSA) is 9.23 Å². The average Bonchev–Trinajstić information content (AvgIpc) is 2.26. The van der Waals surface area contributed by atoms with E-state index in [9.17, 15) is 0 Å². The third-order valence-corrected chi connectivity index (χ3v) is 3.84. The van der Waals surface area contributed by atoms with Gasteiger partial charge in [0.15, 0.2) is 0 Å². The van der Waals surface area contributed by atoms with Crippen molar-refractivity contribution in [3.8, 4) is 5.75 Å². The van der Waals surface area contributed by atoms with E-state index in [0.717, 1.165) is 24.0 Å². The first-order valence-electron chi connectivity index (χ1n) is 6.42. The summed E-state index contributed by atoms with van der Waals surface area (Å²) in [6.07, 6.45) is 2.39. The molecule has 0 aliphatic carbocycles. The Morgan fingerprint density at radius 2 is 1.76 bits per heavy atom. The van der Waals surface area contributed by atoms with Gasteiger partial charge in [0, 0.05) is 0 Å². The van der Waals surface area contributed by atoms with Crippen molar-refractivity contribution in [3.63, 3.8) is 0 Å². The fourth-order valence-electron chi connectivity index (χ4n) is 1.72. The van der Waals surface area contributed by atoms with Gasteiger partial charge < -0.3 is 4.74 Å². The smallest absolute Gasteiger partial charge is 0.125 e. The molecule has 0 spiro atoms. The number of hydrogen-bond donors (Lipinski definition) is 0. The van der Waals surface area contributed by atoms with Crippen LogP contribution in [0.1, 0.15) is 37.8 Å². The van der Waals surface area contributed by atoms with E-state index in [1.54, 1.807) is 0 Å². The summed E-state index contributed by atoms with van der Waals surface area (Å²) in [5, 5.41) is 0.745. The number of hydrogen-bond acceptors (Lipinski definition) is 2. The Morgan fingerprint density at radius 3 is 2.35 bits per heavy atom. The van der Waals surface area contributed by atoms with Crippen LogP contribution in [0.2, 0.25) is 0 Å². The van der Waals surface area contributed by atoms with E-state index in [-0.39, 0.29) is 0 Å². The molecular weight excluding hydrogens is 228 g/mol. The summed E-state index contributed by atoms with van der Waals surface area (Å²) in [7, 11) is 0. The zero-order chi connectivity index (χ0) is 12.7. The maximum atomic E-state index is 5.87. The summed E-state index contributed by atoms with van der Waals surface area (Å²) < 4.78 is 5.87. The number of rotatable bonds is 7. The van der Waals surface area contributed by atoms with Crippen molar-refractivity contribution in [2.24, 2.45) is 0 Å². The van der Waals surface area contributed by atoms with Crippen LogP contribution in [0.3, 0.4) is 0 Å². The Balaban J connectivity index is 2.22. The molecule has 0 aromatic heterocycles. The monoisotopic (exact) mass is 252 g/mol. The van der Waals surface area contributed by atoms with Crippen LogP contribution < -0.4 is 4.74 Å². The second-order valence-electron chi connectivity index (χ2n) is 4.70. The van der Waals surface area contributed by atoms with Crippen molar-refractivity contribution in [2.75, 3.05) is 12.4 Å². The molecule has 96 valence electrons. The Morgan fingerprint density at radius 1 is 1.12 bits per heavy atom. The molecular formula is C15H24OS. The second-order valence-corrected chi connectivity index (χ2v) is 6.38. The third kappa shape index (κ3) is 5.49. The van der Waals surface area contributed by atoms with Gasteiger partial charge in [0.25, 0.3) is 0 Å². The highest BCUT2D eigenvalue weighted by atomic mass is 32.2. The van der Waals surface area contributed by atoms with Gasteiger partial charge in [0.2, 0.25) is 0 Å². The molecule has 1 aromatic rings. The Kier molecular flexibility index (Phi) is 6.49. The van der Waals surface area contributed by atoms with Crippen LogP contribution in [0, 0.1) is 13.8 Å². The van der Waals surface area contributed by atoms with Crippen molar-refractivity contribution in [3.05, 3.63) is 29.3 Å². The molecule has 1 aromatic carbocycles. The molecule has 0 fully saturated rings. The normalized spacial score (nSPS) is 10.9. The second kappa shape index (κ2) is 7.65. The van der Waals surface area contributed by atoms with Gasteiger partial charge in [-0.15, -0.1) is 0 Å². The van der Waals surface area contributed by atoms with Crippen LogP contribution in [-0.4, -0.2) is 17.6 Å². The minimum absolute atomic E-state index is 0.745. The standard InChI is InChI=1S/C15H24OS/c1-12(2)17-11-6-5-10-16-15-13(3)8-7-9-14(15)4/h7-9,12H,5-6,10-11H2,1-4H3. The minimum Gasteiger partial charge on any atom is -0.493 e. The van der Waals surface area contributed by atoms with Crippen LogP contribution in [0.4, 0.5) is 0 Å². The lowest BCUT2D eigenvalue weighted by atomic mass is 10.1. The van der Waals surface area contributed by atoms with Crippen LogP contribution in [-0.2, 0) is 0 Å². The summed E-state index contributed by atoms with van der Waals surface area (Å²) in [6.45, 7) is 9.55. The number of unbranched alkanes of at least 4 members (excludes halogenated alkanes) is 1. The summed E-state index contributed by atoms with van der Waals surface area (Å²) in [6, 6.07) is 6.30. The van der Waals surface area contributed by atoms with Gasteiger partial charge in [-0.05, 0) is 48.8 Å². The van der Waals surface area contributed by atoms with Crippen molar-refractivity contribution >= 4 is 11.8 Å². The summed E-state index contributed by atoms with van der Waals surface area (Å²) in [5.41, 5.74) is 2.48. The first-order valence-corrected chi connectivity index (χ1v) is 7.46. The molecule has 1 nitrogen and oxygen atoms in total. The molecule has 0 saturated carbocycles. The largest absolute Gasteiger partial charge is 0.493 e. The number of thioether (sulfide) groups is 1. The van der Waals surface area contributed by atoms with Crippen LogP contribution in [0.5, 0.6) is 5.75 Å². The van der Waals surface area contributed by atoms with E-state index in [1.165, 1.54) is 23.3 Å². The molecule has 1 rings (SSSR count). The van der Waals surface area contributed by atoms with Crippen LogP contribution in [0.15, 0.2) is 18.2 Å². The molecule has 0 radical (unpaired) electrons. The molecule has 0 unspecified atom stereocenters. The zero-order valence-electron chi connectivity index (χ0n) is 11.5. The fourth-order valence-corrected chi connectivity index (χ4v) is 2.57. The summed E-state index contributed by atoms with van der Waals surface area (Å²) in [4.78, 5) is 0. The number of para-hydroxylation sites is 1. The summed E-state index contributed by atoms with van der Waals surface area (Å²) in [5.74, 6) is 2.32.